The summed E-state index contributed by atoms with van der Waals surface area (Å²) in [7, 11) is -7.71. The molecule has 5 N–H and O–H groups in total. The number of phenols is 1. The summed E-state index contributed by atoms with van der Waals surface area (Å²) in [4.78, 5) is 24.0. The normalized spacial score (nSPS) is 11.5. The van der Waals surface area contributed by atoms with Gasteiger partial charge in [0.25, 0.3) is 15.9 Å². The van der Waals surface area contributed by atoms with Gasteiger partial charge < -0.3 is 15.2 Å². The lowest BCUT2D eigenvalue weighted by molar-refractivity contribution is -0.119. The summed E-state index contributed by atoms with van der Waals surface area (Å²) in [6.45, 7) is -0.692. The Morgan fingerprint density at radius 3 is 2.24 bits per heavy atom. The van der Waals surface area contributed by atoms with Gasteiger partial charge in [0.1, 0.15) is 15.5 Å². The van der Waals surface area contributed by atoms with Gasteiger partial charge in [-0.15, -0.1) is 11.3 Å². The number of benzene rings is 2. The van der Waals surface area contributed by atoms with Crippen molar-refractivity contribution in [3.05, 3.63) is 65.5 Å². The zero-order chi connectivity index (χ0) is 24.2. The first-order valence-electron chi connectivity index (χ1n) is 8.95. The van der Waals surface area contributed by atoms with Gasteiger partial charge in [0.15, 0.2) is 6.61 Å². The molecule has 3 aromatic rings. The van der Waals surface area contributed by atoms with E-state index in [2.05, 4.69) is 10.0 Å². The van der Waals surface area contributed by atoms with Crippen LogP contribution in [0.3, 0.4) is 0 Å². The third-order valence-corrected chi connectivity index (χ3v) is 7.74. The molecule has 0 unspecified atom stereocenters. The molecule has 0 aliphatic heterocycles. The van der Waals surface area contributed by atoms with Crippen LogP contribution >= 0.6 is 11.3 Å². The molecule has 3 rings (SSSR count). The van der Waals surface area contributed by atoms with E-state index in [9.17, 15) is 31.5 Å². The summed E-state index contributed by atoms with van der Waals surface area (Å²) < 4.78 is 54.1. The van der Waals surface area contributed by atoms with Crippen LogP contribution in [0.4, 0.5) is 11.4 Å². The average Bonchev–Trinajstić information content (AvgIpc) is 3.28. The number of phenolic OH excluding ortho intramolecular Hbond substituents is 1. The summed E-state index contributed by atoms with van der Waals surface area (Å²) >= 11 is 1.02. The largest absolute Gasteiger partial charge is 0.507 e. The van der Waals surface area contributed by atoms with E-state index >= 15 is 0 Å². The van der Waals surface area contributed by atoms with Gasteiger partial charge in [0.2, 0.25) is 10.0 Å². The molecule has 0 atom stereocenters. The number of anilines is 2. The minimum atomic E-state index is -3.87. The SMILES string of the molecule is NS(=O)(=O)c1ccc(NC(=O)COC(=O)c2ccc(NS(=O)(=O)c3cccs3)cc2O)cc1. The molecular weight excluding hydrogens is 494 g/mol. The first kappa shape index (κ1) is 24.2. The molecule has 0 bridgehead atoms. The van der Waals surface area contributed by atoms with Crippen molar-refractivity contribution in [2.24, 2.45) is 5.14 Å². The molecule has 0 radical (unpaired) electrons. The molecular formula is C19H17N3O8S3. The smallest absolute Gasteiger partial charge is 0.342 e. The predicted molar refractivity (Wildman–Crippen MR) is 120 cm³/mol. The minimum Gasteiger partial charge on any atom is -0.507 e. The zero-order valence-electron chi connectivity index (χ0n) is 16.6. The Bertz CT molecular complexity index is 1380. The molecule has 1 heterocycles. The molecule has 0 fully saturated rings. The fraction of sp³-hybridized carbons (Fsp3) is 0.0526. The number of carbonyl (C=O) groups is 2. The molecule has 174 valence electrons. The quantitative estimate of drug-likeness (QED) is 0.329. The highest BCUT2D eigenvalue weighted by molar-refractivity contribution is 7.94. The number of thiophene rings is 1. The average molecular weight is 512 g/mol. The van der Waals surface area contributed by atoms with Crippen LogP contribution in [0, 0.1) is 0 Å². The Morgan fingerprint density at radius 2 is 1.67 bits per heavy atom. The van der Waals surface area contributed by atoms with E-state index in [0.717, 1.165) is 23.5 Å². The molecule has 0 saturated heterocycles. The third kappa shape index (κ3) is 6.29. The number of nitrogens with one attached hydrogen (secondary N) is 2. The van der Waals surface area contributed by atoms with E-state index in [0.29, 0.717) is 0 Å². The first-order chi connectivity index (χ1) is 15.5. The second-order valence-corrected chi connectivity index (χ2v) is 10.9. The number of hydrogen-bond acceptors (Lipinski definition) is 9. The Morgan fingerprint density at radius 1 is 1.00 bits per heavy atom. The second kappa shape index (κ2) is 9.58. The molecule has 1 aromatic heterocycles. The lowest BCUT2D eigenvalue weighted by Crippen LogP contribution is -2.21. The fourth-order valence-corrected chi connectivity index (χ4v) is 5.08. The van der Waals surface area contributed by atoms with Gasteiger partial charge in [-0.3, -0.25) is 9.52 Å². The van der Waals surface area contributed by atoms with Gasteiger partial charge in [-0.25, -0.2) is 26.8 Å². The molecule has 14 heteroatoms. The van der Waals surface area contributed by atoms with Crippen LogP contribution in [-0.2, 0) is 29.6 Å². The number of primary sulfonamides is 1. The van der Waals surface area contributed by atoms with Crippen LogP contribution in [0.2, 0.25) is 0 Å². The highest BCUT2D eigenvalue weighted by Crippen LogP contribution is 2.26. The number of carbonyl (C=O) groups excluding carboxylic acids is 2. The van der Waals surface area contributed by atoms with Crippen molar-refractivity contribution in [1.82, 2.24) is 0 Å². The molecule has 0 saturated carbocycles. The third-order valence-electron chi connectivity index (χ3n) is 4.03. The van der Waals surface area contributed by atoms with Crippen molar-refractivity contribution in [3.63, 3.8) is 0 Å². The molecule has 11 nitrogen and oxygen atoms in total. The number of ether oxygens (including phenoxy) is 1. The van der Waals surface area contributed by atoms with Crippen molar-refractivity contribution in [3.8, 4) is 5.75 Å². The van der Waals surface area contributed by atoms with Gasteiger partial charge in [-0.2, -0.15) is 0 Å². The molecule has 0 spiro atoms. The standard InChI is InChI=1S/C19H17N3O8S3/c20-32(26,27)14-6-3-12(4-7-14)21-17(24)11-30-19(25)15-8-5-13(10-16(15)23)22-33(28,29)18-2-1-9-31-18/h1-10,22-23H,11H2,(H,21,24)(H2,20,26,27). The number of rotatable bonds is 8. The van der Waals surface area contributed by atoms with Crippen molar-refractivity contribution in [2.45, 2.75) is 9.10 Å². The highest BCUT2D eigenvalue weighted by Gasteiger charge is 2.19. The van der Waals surface area contributed by atoms with Gasteiger partial charge in [0.05, 0.1) is 10.6 Å². The minimum absolute atomic E-state index is 0.0260. The van der Waals surface area contributed by atoms with E-state index in [4.69, 9.17) is 9.88 Å². The van der Waals surface area contributed by atoms with Gasteiger partial charge in [0, 0.05) is 11.8 Å². The lowest BCUT2D eigenvalue weighted by atomic mass is 10.2. The number of nitrogens with two attached hydrogens (primary N) is 1. The van der Waals surface area contributed by atoms with Crippen molar-refractivity contribution in [2.75, 3.05) is 16.6 Å². The van der Waals surface area contributed by atoms with Gasteiger partial charge in [-0.05, 0) is 47.8 Å². The molecule has 1 amide bonds. The summed E-state index contributed by atoms with van der Waals surface area (Å²) in [6, 6.07) is 11.4. The Balaban J connectivity index is 1.58. The molecule has 0 aliphatic carbocycles. The maximum absolute atomic E-state index is 12.2. The summed E-state index contributed by atoms with van der Waals surface area (Å²) in [5.41, 5.74) is -0.00816. The maximum Gasteiger partial charge on any atom is 0.342 e. The van der Waals surface area contributed by atoms with Crippen molar-refractivity contribution >= 4 is 54.6 Å². The first-order valence-corrected chi connectivity index (χ1v) is 12.9. The van der Waals surface area contributed by atoms with Crippen LogP contribution in [0.1, 0.15) is 10.4 Å². The number of amides is 1. The van der Waals surface area contributed by atoms with Crippen LogP contribution in [-0.4, -0.2) is 40.4 Å². The summed E-state index contributed by atoms with van der Waals surface area (Å²) in [5.74, 6) is -2.28. The molecule has 33 heavy (non-hydrogen) atoms. The number of esters is 1. The van der Waals surface area contributed by atoms with Crippen LogP contribution in [0.15, 0.2) is 69.1 Å². The maximum atomic E-state index is 12.2. The van der Waals surface area contributed by atoms with E-state index in [1.54, 1.807) is 11.4 Å². The monoisotopic (exact) mass is 511 g/mol. The van der Waals surface area contributed by atoms with Crippen molar-refractivity contribution < 1.29 is 36.3 Å². The second-order valence-electron chi connectivity index (χ2n) is 6.46. The number of hydrogen-bond donors (Lipinski definition) is 4. The Labute approximate surface area is 192 Å². The Hall–Kier alpha value is -3.46. The van der Waals surface area contributed by atoms with E-state index < -0.39 is 44.3 Å². The number of sulfonamides is 2. The van der Waals surface area contributed by atoms with Crippen LogP contribution in [0.25, 0.3) is 0 Å². The summed E-state index contributed by atoms with van der Waals surface area (Å²) in [5, 5.41) is 19.1. The lowest BCUT2D eigenvalue weighted by Gasteiger charge is -2.10. The number of aromatic hydroxyl groups is 1. The van der Waals surface area contributed by atoms with Crippen molar-refractivity contribution in [1.29, 1.82) is 0 Å². The predicted octanol–water partition coefficient (Wildman–Crippen LogP) is 1.70. The fourth-order valence-electron chi connectivity index (χ4n) is 2.52. The van der Waals surface area contributed by atoms with E-state index in [1.165, 1.54) is 36.4 Å². The topological polar surface area (TPSA) is 182 Å². The van der Waals surface area contributed by atoms with Gasteiger partial charge >= 0.3 is 5.97 Å². The van der Waals surface area contributed by atoms with Crippen LogP contribution in [0.5, 0.6) is 5.75 Å². The summed E-state index contributed by atoms with van der Waals surface area (Å²) in [6.07, 6.45) is 0. The van der Waals surface area contributed by atoms with Gasteiger partial charge in [-0.1, -0.05) is 6.07 Å². The van der Waals surface area contributed by atoms with E-state index in [-0.39, 0.29) is 26.0 Å². The molecule has 2 aromatic carbocycles. The zero-order valence-corrected chi connectivity index (χ0v) is 19.0. The highest BCUT2D eigenvalue weighted by atomic mass is 32.2. The Kier molecular flexibility index (Phi) is 7.02. The van der Waals surface area contributed by atoms with E-state index in [1.807, 2.05) is 0 Å². The van der Waals surface area contributed by atoms with Crippen LogP contribution < -0.4 is 15.2 Å². The molecule has 0 aliphatic rings.